The Morgan fingerprint density at radius 3 is 2.70 bits per heavy atom. The third-order valence-corrected chi connectivity index (χ3v) is 3.77. The molecule has 1 aromatic rings. The number of carbonyl (C=O) groups is 1. The lowest BCUT2D eigenvalue weighted by atomic mass is 10.2. The average molecular weight is 311 g/mol. The van der Waals surface area contributed by atoms with E-state index >= 15 is 0 Å². The zero-order chi connectivity index (χ0) is 14.8. The van der Waals surface area contributed by atoms with Crippen LogP contribution < -0.4 is 11.1 Å². The molecule has 0 bridgehead atoms. The van der Waals surface area contributed by atoms with E-state index in [1.165, 1.54) is 24.8 Å². The number of nitrogens with two attached hydrogens (primary N) is 1. The standard InChI is InChI=1S/C14H21N3OS2/c1-20-9-5-3-2-4-8-16-14(18)12-7-6-11(10-17-12)13(15)19/h6-7,10H,2-5,8-9H2,1H3,(H2,15,19)(H,16,18). The molecule has 20 heavy (non-hydrogen) atoms. The Hall–Kier alpha value is -1.14. The summed E-state index contributed by atoms with van der Waals surface area (Å²) in [5.41, 5.74) is 6.54. The van der Waals surface area contributed by atoms with Crippen LogP contribution in [0.2, 0.25) is 0 Å². The average Bonchev–Trinajstić information content (AvgIpc) is 2.46. The zero-order valence-corrected chi connectivity index (χ0v) is 13.4. The van der Waals surface area contributed by atoms with Gasteiger partial charge in [-0.15, -0.1) is 0 Å². The van der Waals surface area contributed by atoms with Crippen LogP contribution in [0, 0.1) is 0 Å². The van der Waals surface area contributed by atoms with Crippen molar-refractivity contribution in [1.82, 2.24) is 10.3 Å². The molecule has 1 amide bonds. The van der Waals surface area contributed by atoms with Crippen molar-refractivity contribution in [3.05, 3.63) is 29.6 Å². The SMILES string of the molecule is CSCCCCCCNC(=O)c1ccc(C(N)=S)cn1. The number of pyridine rings is 1. The molecule has 110 valence electrons. The number of unbranched alkanes of at least 4 members (excludes halogenated alkanes) is 3. The van der Waals surface area contributed by atoms with Crippen LogP contribution in [0.25, 0.3) is 0 Å². The number of thioether (sulfide) groups is 1. The van der Waals surface area contributed by atoms with Gasteiger partial charge in [0.15, 0.2) is 0 Å². The predicted octanol–water partition coefficient (Wildman–Crippen LogP) is 2.37. The van der Waals surface area contributed by atoms with Crippen LogP contribution in [-0.4, -0.2) is 34.4 Å². The van der Waals surface area contributed by atoms with E-state index in [2.05, 4.69) is 16.6 Å². The quantitative estimate of drug-likeness (QED) is 0.541. The summed E-state index contributed by atoms with van der Waals surface area (Å²) in [7, 11) is 0. The maximum Gasteiger partial charge on any atom is 0.269 e. The van der Waals surface area contributed by atoms with Gasteiger partial charge >= 0.3 is 0 Å². The number of rotatable bonds is 9. The highest BCUT2D eigenvalue weighted by Gasteiger charge is 2.06. The van der Waals surface area contributed by atoms with Gasteiger partial charge in [0.05, 0.1) is 0 Å². The molecule has 3 N–H and O–H groups in total. The molecule has 1 aromatic heterocycles. The fourth-order valence-corrected chi connectivity index (χ4v) is 2.30. The highest BCUT2D eigenvalue weighted by Crippen LogP contribution is 2.04. The summed E-state index contributed by atoms with van der Waals surface area (Å²) in [6, 6.07) is 3.36. The molecule has 0 aliphatic heterocycles. The largest absolute Gasteiger partial charge is 0.389 e. The Bertz CT molecular complexity index is 435. The number of hydrogen-bond acceptors (Lipinski definition) is 4. The van der Waals surface area contributed by atoms with Gasteiger partial charge in [0.1, 0.15) is 10.7 Å². The lowest BCUT2D eigenvalue weighted by Crippen LogP contribution is -2.25. The fourth-order valence-electron chi connectivity index (χ4n) is 1.69. The number of thiocarbonyl (C=S) groups is 1. The molecule has 0 saturated carbocycles. The van der Waals surface area contributed by atoms with E-state index in [0.29, 0.717) is 17.8 Å². The second-order valence-corrected chi connectivity index (χ2v) is 5.88. The van der Waals surface area contributed by atoms with Crippen LogP contribution in [0.15, 0.2) is 18.3 Å². The lowest BCUT2D eigenvalue weighted by molar-refractivity contribution is 0.0948. The van der Waals surface area contributed by atoms with Crippen molar-refractivity contribution in [2.24, 2.45) is 5.73 Å². The summed E-state index contributed by atoms with van der Waals surface area (Å²) in [5, 5.41) is 2.87. The topological polar surface area (TPSA) is 68.0 Å². The Kier molecular flexibility index (Phi) is 8.22. The molecular formula is C14H21N3OS2. The molecule has 0 saturated heterocycles. The number of aromatic nitrogens is 1. The molecule has 0 spiro atoms. The van der Waals surface area contributed by atoms with Gasteiger partial charge in [0, 0.05) is 18.3 Å². The minimum Gasteiger partial charge on any atom is -0.389 e. The van der Waals surface area contributed by atoms with E-state index in [0.717, 1.165) is 12.8 Å². The van der Waals surface area contributed by atoms with Gasteiger partial charge in [0.2, 0.25) is 0 Å². The molecule has 6 heteroatoms. The second-order valence-electron chi connectivity index (χ2n) is 4.46. The first kappa shape index (κ1) is 16.9. The monoisotopic (exact) mass is 311 g/mol. The highest BCUT2D eigenvalue weighted by atomic mass is 32.2. The van der Waals surface area contributed by atoms with Gasteiger partial charge in [-0.2, -0.15) is 11.8 Å². The molecular weight excluding hydrogens is 290 g/mol. The van der Waals surface area contributed by atoms with E-state index in [1.54, 1.807) is 12.1 Å². The molecule has 0 radical (unpaired) electrons. The van der Waals surface area contributed by atoms with Gasteiger partial charge in [-0.1, -0.05) is 25.1 Å². The van der Waals surface area contributed by atoms with E-state index in [9.17, 15) is 4.79 Å². The van der Waals surface area contributed by atoms with Crippen LogP contribution in [-0.2, 0) is 0 Å². The summed E-state index contributed by atoms with van der Waals surface area (Å²) in [6.45, 7) is 0.691. The third-order valence-electron chi connectivity index (χ3n) is 2.84. The minimum absolute atomic E-state index is 0.149. The van der Waals surface area contributed by atoms with Crippen molar-refractivity contribution in [1.29, 1.82) is 0 Å². The smallest absolute Gasteiger partial charge is 0.269 e. The van der Waals surface area contributed by atoms with Crippen molar-refractivity contribution in [2.75, 3.05) is 18.6 Å². The van der Waals surface area contributed by atoms with Crippen molar-refractivity contribution in [3.63, 3.8) is 0 Å². The summed E-state index contributed by atoms with van der Waals surface area (Å²) >= 11 is 6.71. The molecule has 0 aliphatic rings. The molecule has 0 atom stereocenters. The summed E-state index contributed by atoms with van der Waals surface area (Å²) in [6.07, 6.45) is 8.27. The molecule has 0 aromatic carbocycles. The van der Waals surface area contributed by atoms with E-state index in [4.69, 9.17) is 18.0 Å². The van der Waals surface area contributed by atoms with Crippen LogP contribution in [0.4, 0.5) is 0 Å². The van der Waals surface area contributed by atoms with E-state index in [-0.39, 0.29) is 10.9 Å². The maximum atomic E-state index is 11.8. The first-order chi connectivity index (χ1) is 9.65. The Morgan fingerprint density at radius 2 is 2.10 bits per heavy atom. The van der Waals surface area contributed by atoms with Gasteiger partial charge in [0.25, 0.3) is 5.91 Å². The number of carbonyl (C=O) groups excluding carboxylic acids is 1. The van der Waals surface area contributed by atoms with Crippen LogP contribution in [0.1, 0.15) is 41.7 Å². The summed E-state index contributed by atoms with van der Waals surface area (Å²) in [5.74, 6) is 1.06. The predicted molar refractivity (Wildman–Crippen MR) is 89.3 cm³/mol. The van der Waals surface area contributed by atoms with Crippen molar-refractivity contribution in [2.45, 2.75) is 25.7 Å². The first-order valence-electron chi connectivity index (χ1n) is 6.68. The molecule has 4 nitrogen and oxygen atoms in total. The minimum atomic E-state index is -0.149. The Balaban J connectivity index is 2.24. The number of hydrogen-bond donors (Lipinski definition) is 2. The van der Waals surface area contributed by atoms with Crippen LogP contribution >= 0.6 is 24.0 Å². The molecule has 0 aliphatic carbocycles. The van der Waals surface area contributed by atoms with Crippen LogP contribution in [0.3, 0.4) is 0 Å². The van der Waals surface area contributed by atoms with Gasteiger partial charge < -0.3 is 11.1 Å². The van der Waals surface area contributed by atoms with Gasteiger partial charge in [-0.25, -0.2) is 0 Å². The number of amides is 1. The summed E-state index contributed by atoms with van der Waals surface area (Å²) in [4.78, 5) is 16.2. The Morgan fingerprint density at radius 1 is 1.35 bits per heavy atom. The van der Waals surface area contributed by atoms with Gasteiger partial charge in [-0.05, 0) is 37.0 Å². The molecule has 0 unspecified atom stereocenters. The second kappa shape index (κ2) is 9.72. The first-order valence-corrected chi connectivity index (χ1v) is 8.48. The molecule has 1 rings (SSSR count). The Labute approximate surface area is 129 Å². The van der Waals surface area contributed by atoms with Crippen molar-refractivity contribution < 1.29 is 4.79 Å². The van der Waals surface area contributed by atoms with Crippen molar-refractivity contribution >= 4 is 34.9 Å². The third kappa shape index (κ3) is 6.34. The van der Waals surface area contributed by atoms with Crippen LogP contribution in [0.5, 0.6) is 0 Å². The van der Waals surface area contributed by atoms with Crippen molar-refractivity contribution in [3.8, 4) is 0 Å². The lowest BCUT2D eigenvalue weighted by Gasteiger charge is -2.05. The number of nitrogens with zero attached hydrogens (tertiary/aromatic N) is 1. The van der Waals surface area contributed by atoms with E-state index in [1.807, 2.05) is 11.8 Å². The summed E-state index contributed by atoms with van der Waals surface area (Å²) < 4.78 is 0. The van der Waals surface area contributed by atoms with E-state index < -0.39 is 0 Å². The maximum absolute atomic E-state index is 11.8. The zero-order valence-electron chi connectivity index (χ0n) is 11.7. The van der Waals surface area contributed by atoms with Gasteiger partial charge in [-0.3, -0.25) is 9.78 Å². The number of nitrogens with one attached hydrogen (secondary N) is 1. The highest BCUT2D eigenvalue weighted by molar-refractivity contribution is 7.98. The normalized spacial score (nSPS) is 10.2. The molecule has 1 heterocycles. The fraction of sp³-hybridized carbons (Fsp3) is 0.500. The molecule has 0 fully saturated rings.